The minimum Gasteiger partial charge on any atom is -0.362 e. The molecule has 3 nitrogen and oxygen atoms in total. The Kier molecular flexibility index (Phi) is 2.33. The first-order valence-electron chi connectivity index (χ1n) is 5.44. The van der Waals surface area contributed by atoms with E-state index in [1.165, 1.54) is 5.69 Å². The highest BCUT2D eigenvalue weighted by Crippen LogP contribution is 2.33. The van der Waals surface area contributed by atoms with Crippen molar-refractivity contribution in [3.05, 3.63) is 18.3 Å². The zero-order chi connectivity index (χ0) is 11.1. The fourth-order valence-corrected chi connectivity index (χ4v) is 2.07. The largest absolute Gasteiger partial charge is 0.362 e. The third-order valence-corrected chi connectivity index (χ3v) is 2.89. The van der Waals surface area contributed by atoms with Gasteiger partial charge in [-0.1, -0.05) is 0 Å². The minimum absolute atomic E-state index is 0.166. The molecule has 1 aliphatic heterocycles. The van der Waals surface area contributed by atoms with Crippen molar-refractivity contribution in [3.8, 4) is 0 Å². The van der Waals surface area contributed by atoms with E-state index in [0.717, 1.165) is 18.9 Å². The normalized spacial score (nSPS) is 16.5. The summed E-state index contributed by atoms with van der Waals surface area (Å²) >= 11 is 0. The van der Waals surface area contributed by atoms with Crippen molar-refractivity contribution in [1.29, 1.82) is 0 Å². The second-order valence-electron chi connectivity index (χ2n) is 5.09. The van der Waals surface area contributed by atoms with Gasteiger partial charge in [-0.15, -0.1) is 0 Å². The second kappa shape index (κ2) is 3.40. The Bertz CT molecular complexity index is 354. The van der Waals surface area contributed by atoms with Gasteiger partial charge in [-0.2, -0.15) is 0 Å². The molecule has 1 aromatic rings. The molecule has 0 saturated carbocycles. The molecule has 0 fully saturated rings. The van der Waals surface area contributed by atoms with Crippen molar-refractivity contribution in [2.45, 2.75) is 26.3 Å². The molecule has 0 bridgehead atoms. The summed E-state index contributed by atoms with van der Waals surface area (Å²) in [6.07, 6.45) is 1.86. The van der Waals surface area contributed by atoms with Crippen LogP contribution in [0.3, 0.4) is 0 Å². The van der Waals surface area contributed by atoms with Crippen molar-refractivity contribution in [2.24, 2.45) is 0 Å². The highest BCUT2D eigenvalue weighted by atomic mass is 15.3. The Morgan fingerprint density at radius 1 is 1.27 bits per heavy atom. The Morgan fingerprint density at radius 2 is 2.00 bits per heavy atom. The summed E-state index contributed by atoms with van der Waals surface area (Å²) in [5, 5.41) is 0. The molecule has 3 heteroatoms. The zero-order valence-corrected chi connectivity index (χ0v) is 9.99. The van der Waals surface area contributed by atoms with Crippen LogP contribution < -0.4 is 9.80 Å². The number of pyridine rings is 1. The quantitative estimate of drug-likeness (QED) is 0.647. The average molecular weight is 205 g/mol. The predicted octanol–water partition coefficient (Wildman–Crippen LogP) is 2.14. The Hall–Kier alpha value is -1.25. The smallest absolute Gasteiger partial charge is 0.151 e. The minimum atomic E-state index is 0.166. The lowest BCUT2D eigenvalue weighted by Gasteiger charge is -2.43. The molecule has 0 N–H and O–H groups in total. The second-order valence-corrected chi connectivity index (χ2v) is 5.09. The summed E-state index contributed by atoms with van der Waals surface area (Å²) in [5.41, 5.74) is 1.41. The van der Waals surface area contributed by atoms with Crippen molar-refractivity contribution < 1.29 is 0 Å². The molecular formula is C12H19N3. The number of hydrogen-bond donors (Lipinski definition) is 0. The fourth-order valence-electron chi connectivity index (χ4n) is 2.07. The molecule has 0 unspecified atom stereocenters. The van der Waals surface area contributed by atoms with Crippen molar-refractivity contribution >= 4 is 11.5 Å². The number of likely N-dealkylation sites (N-methyl/N-ethyl adjacent to an activating group) is 1. The van der Waals surface area contributed by atoms with E-state index in [9.17, 15) is 0 Å². The molecular weight excluding hydrogens is 186 g/mol. The van der Waals surface area contributed by atoms with E-state index in [1.807, 2.05) is 12.3 Å². The predicted molar refractivity (Wildman–Crippen MR) is 64.6 cm³/mol. The number of anilines is 2. The van der Waals surface area contributed by atoms with Crippen LogP contribution in [0.1, 0.15) is 20.8 Å². The molecule has 0 atom stereocenters. The van der Waals surface area contributed by atoms with Crippen LogP contribution in [0.25, 0.3) is 0 Å². The number of aromatic nitrogens is 1. The molecule has 0 aliphatic carbocycles. The van der Waals surface area contributed by atoms with Gasteiger partial charge in [-0.05, 0) is 32.9 Å². The fraction of sp³-hybridized carbons (Fsp3) is 0.583. The maximum Gasteiger partial charge on any atom is 0.151 e. The van der Waals surface area contributed by atoms with Crippen LogP contribution in [0.2, 0.25) is 0 Å². The highest BCUT2D eigenvalue weighted by Gasteiger charge is 2.28. The van der Waals surface area contributed by atoms with Crippen LogP contribution in [0.15, 0.2) is 18.3 Å². The molecule has 1 aromatic heterocycles. The van der Waals surface area contributed by atoms with E-state index < -0.39 is 0 Å². The van der Waals surface area contributed by atoms with Gasteiger partial charge in [0.2, 0.25) is 0 Å². The molecule has 82 valence electrons. The van der Waals surface area contributed by atoms with Crippen molar-refractivity contribution in [3.63, 3.8) is 0 Å². The van der Waals surface area contributed by atoms with Crippen LogP contribution >= 0.6 is 0 Å². The summed E-state index contributed by atoms with van der Waals surface area (Å²) in [7, 11) is 2.10. The van der Waals surface area contributed by atoms with Gasteiger partial charge in [0.25, 0.3) is 0 Å². The van der Waals surface area contributed by atoms with E-state index in [2.05, 4.69) is 48.7 Å². The van der Waals surface area contributed by atoms with Gasteiger partial charge >= 0.3 is 0 Å². The highest BCUT2D eigenvalue weighted by molar-refractivity contribution is 5.69. The first kappa shape index (κ1) is 10.3. The van der Waals surface area contributed by atoms with Crippen molar-refractivity contribution in [2.75, 3.05) is 29.9 Å². The Balaban J connectivity index is 2.45. The van der Waals surface area contributed by atoms with Crippen molar-refractivity contribution in [1.82, 2.24) is 4.98 Å². The third-order valence-electron chi connectivity index (χ3n) is 2.89. The average Bonchev–Trinajstić information content (AvgIpc) is 2.17. The molecule has 1 aliphatic rings. The summed E-state index contributed by atoms with van der Waals surface area (Å²) in [6.45, 7) is 8.85. The van der Waals surface area contributed by atoms with E-state index in [0.29, 0.717) is 0 Å². The summed E-state index contributed by atoms with van der Waals surface area (Å²) in [6, 6.07) is 4.17. The van der Waals surface area contributed by atoms with E-state index >= 15 is 0 Å². The van der Waals surface area contributed by atoms with E-state index in [1.54, 1.807) is 0 Å². The van der Waals surface area contributed by atoms with E-state index in [4.69, 9.17) is 0 Å². The molecule has 0 aromatic carbocycles. The van der Waals surface area contributed by atoms with E-state index in [-0.39, 0.29) is 5.54 Å². The van der Waals surface area contributed by atoms with Gasteiger partial charge in [0.15, 0.2) is 5.82 Å². The van der Waals surface area contributed by atoms with Crippen LogP contribution in [0.5, 0.6) is 0 Å². The molecule has 0 amide bonds. The molecule has 15 heavy (non-hydrogen) atoms. The molecule has 0 radical (unpaired) electrons. The van der Waals surface area contributed by atoms with Crippen LogP contribution in [-0.2, 0) is 0 Å². The summed E-state index contributed by atoms with van der Waals surface area (Å²) < 4.78 is 0. The van der Waals surface area contributed by atoms with Crippen LogP contribution in [-0.4, -0.2) is 30.7 Å². The van der Waals surface area contributed by atoms with Gasteiger partial charge in [0, 0.05) is 31.9 Å². The molecule has 2 rings (SSSR count). The third kappa shape index (κ3) is 1.78. The number of nitrogens with zero attached hydrogens (tertiary/aromatic N) is 3. The number of rotatable bonds is 0. The zero-order valence-electron chi connectivity index (χ0n) is 9.99. The maximum atomic E-state index is 4.45. The number of hydrogen-bond acceptors (Lipinski definition) is 3. The van der Waals surface area contributed by atoms with Crippen LogP contribution in [0, 0.1) is 0 Å². The number of fused-ring (bicyclic) bond motifs is 1. The van der Waals surface area contributed by atoms with Crippen LogP contribution in [0.4, 0.5) is 11.5 Å². The lowest BCUT2D eigenvalue weighted by Crippen LogP contribution is -2.49. The Morgan fingerprint density at radius 3 is 2.67 bits per heavy atom. The van der Waals surface area contributed by atoms with Gasteiger partial charge in [-0.25, -0.2) is 4.98 Å². The van der Waals surface area contributed by atoms with Gasteiger partial charge in [-0.3, -0.25) is 0 Å². The maximum absolute atomic E-state index is 4.45. The lowest BCUT2D eigenvalue weighted by atomic mass is 10.0. The first-order chi connectivity index (χ1) is 7.00. The summed E-state index contributed by atoms with van der Waals surface area (Å²) in [4.78, 5) is 9.09. The summed E-state index contributed by atoms with van der Waals surface area (Å²) in [5.74, 6) is 1.10. The Labute approximate surface area is 91.7 Å². The van der Waals surface area contributed by atoms with Gasteiger partial charge < -0.3 is 9.80 Å². The topological polar surface area (TPSA) is 19.4 Å². The SMILES string of the molecule is CN1CCN(C(C)(C)C)c2cccnc21. The lowest BCUT2D eigenvalue weighted by molar-refractivity contribution is 0.495. The molecule has 2 heterocycles. The molecule has 0 saturated heterocycles. The van der Waals surface area contributed by atoms with Gasteiger partial charge in [0.05, 0.1) is 5.69 Å². The molecule has 0 spiro atoms. The monoisotopic (exact) mass is 205 g/mol. The standard InChI is InChI=1S/C12H19N3/c1-12(2,3)15-9-8-14(4)11-10(15)6-5-7-13-11/h5-7H,8-9H2,1-4H3. The van der Waals surface area contributed by atoms with Gasteiger partial charge in [0.1, 0.15) is 0 Å². The first-order valence-corrected chi connectivity index (χ1v) is 5.44.